The van der Waals surface area contributed by atoms with Crippen LogP contribution in [0.5, 0.6) is 0 Å². The first-order chi connectivity index (χ1) is 17.2. The molecule has 36 heavy (non-hydrogen) atoms. The van der Waals surface area contributed by atoms with Gasteiger partial charge in [0, 0.05) is 24.5 Å². The zero-order valence-corrected chi connectivity index (χ0v) is 25.5. The molecule has 0 N–H and O–H groups in total. The first-order valence-electron chi connectivity index (χ1n) is 13.1. The SMILES string of the molecule is CC(C)c1cccc(C(C)C)c1N1[C]N(c2c(C(C)C)cccc2C(C)C)CC1.[CH]1[CH][CH][CH][CH]1.[Cl][Pd+]. The Kier molecular flexibility index (Phi) is 13.4. The molecule has 0 spiro atoms. The standard InChI is InChI=1S/C27H38N2.C5H5.ClH.Pd/c1-18(2)22-11-9-12-23(19(3)4)26(22)28-15-16-29(17-28)27-24(20(5)6)13-10-14-25(27)21(7)8;1-2-4-5-3-1;;/h9-14,18-21H,15-16H2,1-8H3;1-5H;1H;/q;;;+2/p-1. The summed E-state index contributed by atoms with van der Waals surface area (Å²) in [6.07, 6.45) is 10.0. The Morgan fingerprint density at radius 2 is 0.806 bits per heavy atom. The van der Waals surface area contributed by atoms with E-state index < -0.39 is 0 Å². The van der Waals surface area contributed by atoms with E-state index in [0.29, 0.717) is 23.7 Å². The summed E-state index contributed by atoms with van der Waals surface area (Å²) in [6.45, 7) is 24.1. The van der Waals surface area contributed by atoms with Crippen molar-refractivity contribution >= 4 is 20.9 Å². The molecule has 2 aromatic carbocycles. The van der Waals surface area contributed by atoms with Crippen molar-refractivity contribution in [3.63, 3.8) is 0 Å². The normalized spacial score (nSPS) is 15.5. The van der Waals surface area contributed by atoms with Gasteiger partial charge >= 0.3 is 27.7 Å². The second-order valence-electron chi connectivity index (χ2n) is 10.6. The zero-order chi connectivity index (χ0) is 26.8. The molecule has 2 nitrogen and oxygen atoms in total. The van der Waals surface area contributed by atoms with Crippen LogP contribution in [0, 0.1) is 38.8 Å². The molecular formula is C32H43ClN2Pd+. The van der Waals surface area contributed by atoms with Crippen molar-refractivity contribution in [3.05, 3.63) is 97.4 Å². The van der Waals surface area contributed by atoms with Crippen LogP contribution < -0.4 is 9.80 Å². The average molecular weight is 598 g/mol. The molecule has 2 aliphatic rings. The number of hydrogen-bond acceptors (Lipinski definition) is 2. The van der Waals surface area contributed by atoms with Crippen LogP contribution in [0.25, 0.3) is 0 Å². The second kappa shape index (κ2) is 15.4. The molecule has 0 amide bonds. The third-order valence-electron chi connectivity index (χ3n) is 6.57. The van der Waals surface area contributed by atoms with Gasteiger partial charge in [0.1, 0.15) is 0 Å². The van der Waals surface area contributed by atoms with E-state index in [9.17, 15) is 0 Å². The Bertz CT molecular complexity index is 789. The first-order valence-corrected chi connectivity index (χ1v) is 15.1. The van der Waals surface area contributed by atoms with Crippen molar-refractivity contribution in [2.75, 3.05) is 22.9 Å². The Morgan fingerprint density at radius 3 is 1.03 bits per heavy atom. The van der Waals surface area contributed by atoms with Crippen molar-refractivity contribution in [1.29, 1.82) is 0 Å². The van der Waals surface area contributed by atoms with Gasteiger partial charge in [0.05, 0.1) is 0 Å². The molecule has 1 aliphatic carbocycles. The van der Waals surface area contributed by atoms with Gasteiger partial charge in [0.15, 0.2) is 0 Å². The molecule has 2 aromatic rings. The fraction of sp³-hybridized carbons (Fsp3) is 0.438. The number of para-hydroxylation sites is 2. The molecule has 4 rings (SSSR count). The molecule has 1 heterocycles. The maximum atomic E-state index is 4.49. The molecule has 1 aliphatic heterocycles. The minimum atomic E-state index is 0.494. The van der Waals surface area contributed by atoms with E-state index in [1.54, 1.807) is 0 Å². The monoisotopic (exact) mass is 596 g/mol. The molecule has 0 bridgehead atoms. The molecule has 0 aromatic heterocycles. The zero-order valence-electron chi connectivity index (χ0n) is 23.2. The van der Waals surface area contributed by atoms with Crippen LogP contribution >= 0.6 is 9.53 Å². The molecule has 2 fully saturated rings. The number of hydrogen-bond donors (Lipinski definition) is 0. The summed E-state index contributed by atoms with van der Waals surface area (Å²) in [5, 5.41) is 0. The van der Waals surface area contributed by atoms with Gasteiger partial charge in [-0.2, -0.15) is 0 Å². The summed E-state index contributed by atoms with van der Waals surface area (Å²) in [5.41, 5.74) is 8.43. The summed E-state index contributed by atoms with van der Waals surface area (Å²) in [7, 11) is 4.49. The van der Waals surface area contributed by atoms with Crippen LogP contribution in [0.4, 0.5) is 11.4 Å². The van der Waals surface area contributed by atoms with Gasteiger partial charge in [-0.05, 0) is 78.0 Å². The van der Waals surface area contributed by atoms with E-state index in [1.807, 2.05) is 32.1 Å². The fourth-order valence-corrected chi connectivity index (χ4v) is 4.74. The van der Waals surface area contributed by atoms with Crippen LogP contribution in [0.3, 0.4) is 0 Å². The summed E-state index contributed by atoms with van der Waals surface area (Å²) in [5.74, 6) is 1.98. The van der Waals surface area contributed by atoms with Gasteiger partial charge < -0.3 is 9.80 Å². The molecule has 197 valence electrons. The second-order valence-corrected chi connectivity index (χ2v) is 10.6. The van der Waals surface area contributed by atoms with Crippen LogP contribution in [-0.2, 0) is 18.2 Å². The molecule has 0 atom stereocenters. The third kappa shape index (κ3) is 7.99. The Labute approximate surface area is 237 Å². The van der Waals surface area contributed by atoms with Crippen LogP contribution in [0.2, 0.25) is 0 Å². The molecular weight excluding hydrogens is 554 g/mol. The Hall–Kier alpha value is -1.01. The summed E-state index contributed by atoms with van der Waals surface area (Å²) in [4.78, 5) is 4.76. The predicted octanol–water partition coefficient (Wildman–Crippen LogP) is 9.21. The quantitative estimate of drug-likeness (QED) is 0.307. The number of anilines is 2. The van der Waals surface area contributed by atoms with Gasteiger partial charge in [0.25, 0.3) is 0 Å². The summed E-state index contributed by atoms with van der Waals surface area (Å²) in [6, 6.07) is 13.6. The molecule has 7 radical (unpaired) electrons. The third-order valence-corrected chi connectivity index (χ3v) is 6.57. The van der Waals surface area contributed by atoms with Gasteiger partial charge in [-0.15, -0.1) is 0 Å². The van der Waals surface area contributed by atoms with E-state index >= 15 is 0 Å². The topological polar surface area (TPSA) is 6.48 Å². The Balaban J connectivity index is 0.000000570. The van der Waals surface area contributed by atoms with E-state index in [2.05, 4.69) is 136 Å². The number of halogens is 1. The van der Waals surface area contributed by atoms with Crippen molar-refractivity contribution < 1.29 is 18.2 Å². The molecule has 1 saturated heterocycles. The van der Waals surface area contributed by atoms with Crippen molar-refractivity contribution in [1.82, 2.24) is 0 Å². The van der Waals surface area contributed by atoms with Crippen LogP contribution in [0.15, 0.2) is 36.4 Å². The van der Waals surface area contributed by atoms with Crippen molar-refractivity contribution in [2.24, 2.45) is 0 Å². The van der Waals surface area contributed by atoms with Crippen molar-refractivity contribution in [3.8, 4) is 0 Å². The van der Waals surface area contributed by atoms with Gasteiger partial charge in [-0.3, -0.25) is 0 Å². The Morgan fingerprint density at radius 1 is 0.556 bits per heavy atom. The molecule has 4 heteroatoms. The molecule has 0 unspecified atom stereocenters. The van der Waals surface area contributed by atoms with Crippen molar-refractivity contribution in [2.45, 2.75) is 79.1 Å². The maximum absolute atomic E-state index is 4.49. The minimum absolute atomic E-state index is 0.494. The number of rotatable bonds is 6. The summed E-state index contributed by atoms with van der Waals surface area (Å²) < 4.78 is 0. The average Bonchev–Trinajstić information content (AvgIpc) is 3.59. The number of nitrogens with zero attached hydrogens (tertiary/aromatic N) is 2. The van der Waals surface area contributed by atoms with E-state index in [1.165, 1.54) is 33.6 Å². The van der Waals surface area contributed by atoms with Gasteiger partial charge in [-0.1, -0.05) is 91.8 Å². The van der Waals surface area contributed by atoms with E-state index in [0.717, 1.165) is 13.1 Å². The van der Waals surface area contributed by atoms with Gasteiger partial charge in [-0.25, -0.2) is 0 Å². The predicted molar refractivity (Wildman–Crippen MR) is 155 cm³/mol. The van der Waals surface area contributed by atoms with Gasteiger partial charge in [0.2, 0.25) is 6.67 Å². The summed E-state index contributed by atoms with van der Waals surface area (Å²) >= 11 is 2.22. The first kappa shape index (κ1) is 31.2. The number of benzene rings is 2. The fourth-order valence-electron chi connectivity index (χ4n) is 4.74. The van der Waals surface area contributed by atoms with Crippen LogP contribution in [0.1, 0.15) is 101 Å². The van der Waals surface area contributed by atoms with E-state index in [-0.39, 0.29) is 0 Å². The van der Waals surface area contributed by atoms with E-state index in [4.69, 9.17) is 0 Å². The molecule has 1 saturated carbocycles. The van der Waals surface area contributed by atoms with Crippen LogP contribution in [-0.4, -0.2) is 13.1 Å².